The van der Waals surface area contributed by atoms with Crippen LogP contribution in [0.5, 0.6) is 23.0 Å². The van der Waals surface area contributed by atoms with Gasteiger partial charge in [0.25, 0.3) is 11.8 Å². The Morgan fingerprint density at radius 1 is 1.05 bits per heavy atom. The Labute approximate surface area is 216 Å². The zero-order valence-electron chi connectivity index (χ0n) is 21.5. The van der Waals surface area contributed by atoms with Crippen molar-refractivity contribution < 1.29 is 33.3 Å². The van der Waals surface area contributed by atoms with Crippen LogP contribution in [-0.4, -0.2) is 68.7 Å². The normalized spacial score (nSPS) is 19.8. The molecule has 0 aliphatic carbocycles. The van der Waals surface area contributed by atoms with Crippen LogP contribution in [0, 0.1) is 5.92 Å². The number of benzene rings is 2. The van der Waals surface area contributed by atoms with E-state index in [9.17, 15) is 14.4 Å². The molecule has 2 atom stereocenters. The third kappa shape index (κ3) is 6.25. The summed E-state index contributed by atoms with van der Waals surface area (Å²) in [4.78, 5) is 40.2. The molecule has 3 heterocycles. The van der Waals surface area contributed by atoms with E-state index in [1.165, 1.54) is 20.3 Å². The smallest absolute Gasteiger partial charge is 0.258 e. The maximum Gasteiger partial charge on any atom is 0.258 e. The maximum atomic E-state index is 13.3. The average molecular weight is 512 g/mol. The number of rotatable bonds is 4. The molecule has 3 amide bonds. The molecule has 0 spiro atoms. The number of carbonyl (C=O) groups excluding carboxylic acids is 3. The molecule has 0 radical (unpaired) electrons. The van der Waals surface area contributed by atoms with Gasteiger partial charge in [0.15, 0.2) is 29.6 Å². The summed E-state index contributed by atoms with van der Waals surface area (Å²) in [5.41, 5.74) is 1.14. The summed E-state index contributed by atoms with van der Waals surface area (Å²) in [6, 6.07) is 9.67. The van der Waals surface area contributed by atoms with Crippen LogP contribution in [0.25, 0.3) is 0 Å². The van der Waals surface area contributed by atoms with Crippen LogP contribution in [0.1, 0.15) is 36.2 Å². The van der Waals surface area contributed by atoms with E-state index < -0.39 is 12.1 Å². The first-order chi connectivity index (χ1) is 17.8. The number of nitrogens with zero attached hydrogens (tertiary/aromatic N) is 1. The molecular formula is C27H33N3O7. The highest BCUT2D eigenvalue weighted by molar-refractivity contribution is 5.95. The Hall–Kier alpha value is -3.95. The second kappa shape index (κ2) is 11.4. The monoisotopic (exact) mass is 511 g/mol. The predicted octanol–water partition coefficient (Wildman–Crippen LogP) is 2.15. The van der Waals surface area contributed by atoms with Gasteiger partial charge >= 0.3 is 0 Å². The topological polar surface area (TPSA) is 115 Å². The lowest BCUT2D eigenvalue weighted by molar-refractivity contribution is -0.131. The molecule has 1 saturated heterocycles. The van der Waals surface area contributed by atoms with Crippen LogP contribution in [0.15, 0.2) is 36.4 Å². The van der Waals surface area contributed by atoms with Crippen LogP contribution in [0.3, 0.4) is 0 Å². The molecule has 0 saturated carbocycles. The Bertz CT molecular complexity index is 1170. The molecule has 5 rings (SSSR count). The lowest BCUT2D eigenvalue weighted by Crippen LogP contribution is -2.45. The largest absolute Gasteiger partial charge is 0.493 e. The quantitative estimate of drug-likeness (QED) is 0.646. The lowest BCUT2D eigenvalue weighted by atomic mass is 10.1. The van der Waals surface area contributed by atoms with Crippen molar-refractivity contribution in [3.8, 4) is 23.0 Å². The number of ether oxygens (including phenoxy) is 4. The average Bonchev–Trinajstić information content (AvgIpc) is 3.27. The predicted molar refractivity (Wildman–Crippen MR) is 135 cm³/mol. The summed E-state index contributed by atoms with van der Waals surface area (Å²) >= 11 is 0. The summed E-state index contributed by atoms with van der Waals surface area (Å²) in [6.07, 6.45) is -0.0831. The number of hydrogen-bond acceptors (Lipinski definition) is 7. The minimum atomic E-state index is -0.496. The van der Waals surface area contributed by atoms with Gasteiger partial charge in [0.1, 0.15) is 6.10 Å². The SMILES string of the molecule is COc1ccc2cc1OCC(=O)NCc1ccc(c(OC)c1)O[C@H]1CN(C(=O)CC(C)C)C[C@@H]1NC2=O. The zero-order chi connectivity index (χ0) is 26.5. The second-order valence-corrected chi connectivity index (χ2v) is 9.55. The number of hydrogen-bond donors (Lipinski definition) is 2. The number of fused-ring (bicyclic) bond motifs is 7. The first kappa shape index (κ1) is 26.1. The molecule has 3 aliphatic heterocycles. The highest BCUT2D eigenvalue weighted by Crippen LogP contribution is 2.32. The van der Waals surface area contributed by atoms with Gasteiger partial charge in [-0.2, -0.15) is 0 Å². The van der Waals surface area contributed by atoms with Gasteiger partial charge in [-0.1, -0.05) is 19.9 Å². The highest BCUT2D eigenvalue weighted by Gasteiger charge is 2.38. The maximum absolute atomic E-state index is 13.3. The number of methoxy groups -OCH3 is 2. The highest BCUT2D eigenvalue weighted by atomic mass is 16.5. The van der Waals surface area contributed by atoms with E-state index in [0.29, 0.717) is 42.3 Å². The Morgan fingerprint density at radius 2 is 1.84 bits per heavy atom. The van der Waals surface area contributed by atoms with E-state index >= 15 is 0 Å². The van der Waals surface area contributed by atoms with Crippen LogP contribution in [0.2, 0.25) is 0 Å². The van der Waals surface area contributed by atoms with Gasteiger partial charge in [-0.15, -0.1) is 0 Å². The van der Waals surface area contributed by atoms with Crippen molar-refractivity contribution in [3.63, 3.8) is 0 Å². The van der Waals surface area contributed by atoms with Gasteiger partial charge in [0.05, 0.1) is 26.8 Å². The van der Waals surface area contributed by atoms with Crippen molar-refractivity contribution in [1.82, 2.24) is 15.5 Å². The Kier molecular flexibility index (Phi) is 8.05. The van der Waals surface area contributed by atoms with Gasteiger partial charge in [-0.05, 0) is 41.8 Å². The van der Waals surface area contributed by atoms with E-state index in [2.05, 4.69) is 10.6 Å². The van der Waals surface area contributed by atoms with E-state index in [4.69, 9.17) is 18.9 Å². The molecule has 0 unspecified atom stereocenters. The summed E-state index contributed by atoms with van der Waals surface area (Å²) in [6.45, 7) is 4.65. The fourth-order valence-electron chi connectivity index (χ4n) is 4.37. The van der Waals surface area contributed by atoms with Crippen molar-refractivity contribution in [2.75, 3.05) is 33.9 Å². The van der Waals surface area contributed by atoms with Crippen LogP contribution < -0.4 is 29.6 Å². The fraction of sp³-hybridized carbons (Fsp3) is 0.444. The van der Waals surface area contributed by atoms with E-state index in [0.717, 1.165) is 5.56 Å². The number of carbonyl (C=O) groups is 3. The van der Waals surface area contributed by atoms with Crippen molar-refractivity contribution in [2.45, 2.75) is 39.0 Å². The number of nitrogens with one attached hydrogen (secondary N) is 2. The second-order valence-electron chi connectivity index (χ2n) is 9.55. The molecule has 0 aromatic heterocycles. The molecule has 2 N–H and O–H groups in total. The lowest BCUT2D eigenvalue weighted by Gasteiger charge is -2.22. The number of likely N-dealkylation sites (tertiary alicyclic amines) is 1. The standard InChI is InChI=1S/C27H33N3O7/c1-16(2)9-26(32)30-13-19-24(14-30)37-21-7-5-17(10-22(21)35-4)12-28-25(31)15-36-23-11-18(27(33)29-19)6-8-20(23)34-3/h5-8,10-11,16,19,24H,9,12-15H2,1-4H3,(H,28,31)(H,29,33)/t19-,24-/m0/s1. The minimum absolute atomic E-state index is 0.0145. The molecule has 2 aromatic rings. The van der Waals surface area contributed by atoms with Crippen LogP contribution in [-0.2, 0) is 16.1 Å². The van der Waals surface area contributed by atoms with E-state index in [-0.39, 0.29) is 42.5 Å². The molecule has 1 fully saturated rings. The van der Waals surface area contributed by atoms with Crippen molar-refractivity contribution in [1.29, 1.82) is 0 Å². The summed E-state index contributed by atoms with van der Waals surface area (Å²) in [5.74, 6) is 1.18. The molecule has 10 heteroatoms. The van der Waals surface area contributed by atoms with E-state index in [1.54, 1.807) is 29.2 Å². The van der Waals surface area contributed by atoms with Crippen molar-refractivity contribution >= 4 is 17.7 Å². The molecule has 2 aromatic carbocycles. The third-order valence-corrected chi connectivity index (χ3v) is 6.30. The van der Waals surface area contributed by atoms with Gasteiger partial charge in [-0.25, -0.2) is 0 Å². The van der Waals surface area contributed by atoms with Gasteiger partial charge < -0.3 is 34.5 Å². The van der Waals surface area contributed by atoms with Crippen molar-refractivity contribution in [2.24, 2.45) is 5.92 Å². The fourth-order valence-corrected chi connectivity index (χ4v) is 4.37. The zero-order valence-corrected chi connectivity index (χ0v) is 21.5. The molecule has 3 aliphatic rings. The van der Waals surface area contributed by atoms with Gasteiger partial charge in [-0.3, -0.25) is 14.4 Å². The number of amides is 3. The first-order valence-electron chi connectivity index (χ1n) is 12.3. The summed E-state index contributed by atoms with van der Waals surface area (Å²) < 4.78 is 22.9. The summed E-state index contributed by atoms with van der Waals surface area (Å²) in [7, 11) is 3.02. The molecule has 37 heavy (non-hydrogen) atoms. The van der Waals surface area contributed by atoms with Crippen molar-refractivity contribution in [3.05, 3.63) is 47.5 Å². The molecule has 4 bridgehead atoms. The first-order valence-corrected chi connectivity index (χ1v) is 12.3. The Morgan fingerprint density at radius 3 is 2.57 bits per heavy atom. The van der Waals surface area contributed by atoms with Gasteiger partial charge in [0.2, 0.25) is 5.91 Å². The van der Waals surface area contributed by atoms with E-state index in [1.807, 2.05) is 19.9 Å². The molecule has 198 valence electrons. The third-order valence-electron chi connectivity index (χ3n) is 6.30. The molecular weight excluding hydrogens is 478 g/mol. The van der Waals surface area contributed by atoms with Crippen LogP contribution >= 0.6 is 0 Å². The molecule has 10 nitrogen and oxygen atoms in total. The minimum Gasteiger partial charge on any atom is -0.493 e. The Balaban J connectivity index is 1.68. The van der Waals surface area contributed by atoms with Gasteiger partial charge in [0, 0.05) is 25.1 Å². The van der Waals surface area contributed by atoms with Crippen LogP contribution in [0.4, 0.5) is 0 Å². The summed E-state index contributed by atoms with van der Waals surface area (Å²) in [5, 5.41) is 5.83.